The van der Waals surface area contributed by atoms with Crippen LogP contribution in [0.15, 0.2) is 36.4 Å². The van der Waals surface area contributed by atoms with Gasteiger partial charge in [-0.2, -0.15) is 0 Å². The highest BCUT2D eigenvalue weighted by Gasteiger charge is 2.22. The molecule has 0 aromatic heterocycles. The molecule has 1 aliphatic rings. The van der Waals surface area contributed by atoms with Crippen molar-refractivity contribution in [2.75, 3.05) is 11.9 Å². The zero-order valence-electron chi connectivity index (χ0n) is 12.1. The summed E-state index contributed by atoms with van der Waals surface area (Å²) in [7, 11) is 0. The first kappa shape index (κ1) is 15.8. The maximum absolute atomic E-state index is 11.7. The van der Waals surface area contributed by atoms with E-state index in [9.17, 15) is 14.4 Å². The molecule has 0 unspecified atom stereocenters. The molecule has 2 N–H and O–H groups in total. The number of phenolic OH excluding ortho intramolecular Hbond substituents is 1. The summed E-state index contributed by atoms with van der Waals surface area (Å²) in [4.78, 5) is 35.6. The average molecular weight is 302 g/mol. The lowest BCUT2D eigenvalue weighted by molar-refractivity contribution is -0.136. The standard InChI is InChI=1S/C16H18N2O4/c19-13-7-5-12(6-8-13)17-14(20)4-2-1-3-11-18-15(21)9-10-16(18)22/h5-10,19H,1-4,11H2,(H,17,20). The molecule has 0 saturated heterocycles. The Morgan fingerprint density at radius 3 is 2.27 bits per heavy atom. The molecule has 0 bridgehead atoms. The fraction of sp³-hybridized carbons (Fsp3) is 0.312. The third-order valence-electron chi connectivity index (χ3n) is 3.34. The van der Waals surface area contributed by atoms with Crippen LogP contribution in [-0.2, 0) is 14.4 Å². The number of amides is 3. The van der Waals surface area contributed by atoms with Crippen molar-refractivity contribution >= 4 is 23.4 Å². The molecule has 0 radical (unpaired) electrons. The number of hydrogen-bond donors (Lipinski definition) is 2. The number of aromatic hydroxyl groups is 1. The number of unbranched alkanes of at least 4 members (excludes halogenated alkanes) is 2. The van der Waals surface area contributed by atoms with Crippen LogP contribution in [0.3, 0.4) is 0 Å². The third-order valence-corrected chi connectivity index (χ3v) is 3.34. The molecular weight excluding hydrogens is 284 g/mol. The number of anilines is 1. The van der Waals surface area contributed by atoms with Gasteiger partial charge in [-0.25, -0.2) is 0 Å². The van der Waals surface area contributed by atoms with Crippen molar-refractivity contribution in [1.29, 1.82) is 0 Å². The van der Waals surface area contributed by atoms with Crippen LogP contribution in [0.25, 0.3) is 0 Å². The summed E-state index contributed by atoms with van der Waals surface area (Å²) in [6, 6.07) is 6.27. The van der Waals surface area contributed by atoms with Gasteiger partial charge >= 0.3 is 0 Å². The van der Waals surface area contributed by atoms with Crippen LogP contribution in [0.4, 0.5) is 5.69 Å². The van der Waals surface area contributed by atoms with Gasteiger partial charge in [-0.3, -0.25) is 19.3 Å². The largest absolute Gasteiger partial charge is 0.508 e. The molecule has 6 nitrogen and oxygen atoms in total. The first-order chi connectivity index (χ1) is 10.6. The minimum Gasteiger partial charge on any atom is -0.508 e. The molecule has 3 amide bonds. The van der Waals surface area contributed by atoms with Crippen molar-refractivity contribution in [3.8, 4) is 5.75 Å². The van der Waals surface area contributed by atoms with Gasteiger partial charge in [0.15, 0.2) is 0 Å². The Morgan fingerprint density at radius 1 is 1.00 bits per heavy atom. The molecule has 0 atom stereocenters. The van der Waals surface area contributed by atoms with Gasteiger partial charge in [0.1, 0.15) is 5.75 Å². The summed E-state index contributed by atoms with van der Waals surface area (Å²) in [5, 5.41) is 11.9. The van der Waals surface area contributed by atoms with E-state index in [0.717, 1.165) is 6.42 Å². The van der Waals surface area contributed by atoms with E-state index in [2.05, 4.69) is 5.32 Å². The Labute approximate surface area is 128 Å². The van der Waals surface area contributed by atoms with Crippen LogP contribution in [0, 0.1) is 0 Å². The van der Waals surface area contributed by atoms with E-state index in [0.29, 0.717) is 31.5 Å². The third kappa shape index (κ3) is 4.44. The van der Waals surface area contributed by atoms with Crippen molar-refractivity contribution in [3.63, 3.8) is 0 Å². The highest BCUT2D eigenvalue weighted by molar-refractivity contribution is 6.12. The number of rotatable bonds is 7. The quantitative estimate of drug-likeness (QED) is 0.457. The number of phenols is 1. The van der Waals surface area contributed by atoms with E-state index in [4.69, 9.17) is 5.11 Å². The van der Waals surface area contributed by atoms with Gasteiger partial charge in [0, 0.05) is 30.8 Å². The smallest absolute Gasteiger partial charge is 0.253 e. The number of imide groups is 1. The lowest BCUT2D eigenvalue weighted by Crippen LogP contribution is -2.30. The fourth-order valence-electron chi connectivity index (χ4n) is 2.15. The van der Waals surface area contributed by atoms with Gasteiger partial charge in [-0.05, 0) is 37.1 Å². The topological polar surface area (TPSA) is 86.7 Å². The second-order valence-corrected chi connectivity index (χ2v) is 5.07. The van der Waals surface area contributed by atoms with E-state index < -0.39 is 0 Å². The summed E-state index contributed by atoms with van der Waals surface area (Å²) in [5.74, 6) is -0.482. The molecule has 6 heteroatoms. The molecule has 1 aliphatic heterocycles. The molecule has 0 saturated carbocycles. The molecule has 1 aromatic carbocycles. The maximum Gasteiger partial charge on any atom is 0.253 e. The molecule has 2 rings (SSSR count). The molecule has 1 heterocycles. The molecule has 22 heavy (non-hydrogen) atoms. The molecule has 0 fully saturated rings. The van der Waals surface area contributed by atoms with Gasteiger partial charge in [-0.1, -0.05) is 6.42 Å². The Balaban J connectivity index is 1.60. The first-order valence-corrected chi connectivity index (χ1v) is 7.19. The van der Waals surface area contributed by atoms with E-state index in [1.165, 1.54) is 29.2 Å². The maximum atomic E-state index is 11.7. The highest BCUT2D eigenvalue weighted by Crippen LogP contribution is 2.14. The highest BCUT2D eigenvalue weighted by atomic mass is 16.3. The summed E-state index contributed by atoms with van der Waals surface area (Å²) in [6.07, 6.45) is 5.06. The van der Waals surface area contributed by atoms with E-state index in [1.807, 2.05) is 0 Å². The average Bonchev–Trinajstić information content (AvgIpc) is 2.81. The molecule has 0 aliphatic carbocycles. The monoisotopic (exact) mass is 302 g/mol. The number of carbonyl (C=O) groups is 3. The minimum atomic E-state index is -0.268. The number of nitrogens with one attached hydrogen (secondary N) is 1. The van der Waals surface area contributed by atoms with Gasteiger partial charge in [0.25, 0.3) is 11.8 Å². The Hall–Kier alpha value is -2.63. The second kappa shape index (κ2) is 7.40. The van der Waals surface area contributed by atoms with E-state index in [-0.39, 0.29) is 23.5 Å². The van der Waals surface area contributed by atoms with Crippen molar-refractivity contribution < 1.29 is 19.5 Å². The summed E-state index contributed by atoms with van der Waals surface area (Å²) in [6.45, 7) is 0.393. The van der Waals surface area contributed by atoms with Crippen LogP contribution in [-0.4, -0.2) is 34.3 Å². The molecular formula is C16H18N2O4. The zero-order chi connectivity index (χ0) is 15.9. The predicted molar refractivity (Wildman–Crippen MR) is 81.1 cm³/mol. The van der Waals surface area contributed by atoms with Gasteiger partial charge in [0.2, 0.25) is 5.91 Å². The molecule has 1 aromatic rings. The number of benzene rings is 1. The van der Waals surface area contributed by atoms with Crippen LogP contribution in [0.5, 0.6) is 5.75 Å². The Bertz CT molecular complexity index is 575. The van der Waals surface area contributed by atoms with E-state index in [1.54, 1.807) is 12.1 Å². The SMILES string of the molecule is O=C(CCCCCN1C(=O)C=CC1=O)Nc1ccc(O)cc1. The van der Waals surface area contributed by atoms with Crippen molar-refractivity contribution in [3.05, 3.63) is 36.4 Å². The van der Waals surface area contributed by atoms with Crippen LogP contribution >= 0.6 is 0 Å². The predicted octanol–water partition coefficient (Wildman–Crippen LogP) is 1.82. The normalized spacial score (nSPS) is 13.7. The summed E-state index contributed by atoms with van der Waals surface area (Å²) < 4.78 is 0. The van der Waals surface area contributed by atoms with Crippen LogP contribution in [0.2, 0.25) is 0 Å². The summed E-state index contributed by atoms with van der Waals surface area (Å²) in [5.41, 5.74) is 0.641. The second-order valence-electron chi connectivity index (χ2n) is 5.07. The lowest BCUT2D eigenvalue weighted by Gasteiger charge is -2.13. The number of carbonyl (C=O) groups excluding carboxylic acids is 3. The summed E-state index contributed by atoms with van der Waals surface area (Å²) >= 11 is 0. The Morgan fingerprint density at radius 2 is 1.64 bits per heavy atom. The number of hydrogen-bond acceptors (Lipinski definition) is 4. The molecule has 0 spiro atoms. The lowest BCUT2D eigenvalue weighted by atomic mass is 10.1. The fourth-order valence-corrected chi connectivity index (χ4v) is 2.15. The van der Waals surface area contributed by atoms with E-state index >= 15 is 0 Å². The first-order valence-electron chi connectivity index (χ1n) is 7.19. The van der Waals surface area contributed by atoms with Crippen LogP contribution in [0.1, 0.15) is 25.7 Å². The van der Waals surface area contributed by atoms with Crippen LogP contribution < -0.4 is 5.32 Å². The van der Waals surface area contributed by atoms with Gasteiger partial charge < -0.3 is 10.4 Å². The van der Waals surface area contributed by atoms with Crippen molar-refractivity contribution in [1.82, 2.24) is 4.90 Å². The molecule has 116 valence electrons. The minimum absolute atomic E-state index is 0.0966. The van der Waals surface area contributed by atoms with Gasteiger partial charge in [0.05, 0.1) is 0 Å². The Kier molecular flexibility index (Phi) is 5.30. The van der Waals surface area contributed by atoms with Crippen molar-refractivity contribution in [2.45, 2.75) is 25.7 Å². The van der Waals surface area contributed by atoms with Crippen molar-refractivity contribution in [2.24, 2.45) is 0 Å². The van der Waals surface area contributed by atoms with Gasteiger partial charge in [-0.15, -0.1) is 0 Å². The zero-order valence-corrected chi connectivity index (χ0v) is 12.1. The number of nitrogens with zero attached hydrogens (tertiary/aromatic N) is 1.